The van der Waals surface area contributed by atoms with E-state index >= 15 is 0 Å². The monoisotopic (exact) mass is 373 g/mol. The third kappa shape index (κ3) is 3.88. The van der Waals surface area contributed by atoms with Crippen LogP contribution in [0.25, 0.3) is 0 Å². The first-order valence-electron chi connectivity index (χ1n) is 8.25. The van der Waals surface area contributed by atoms with E-state index < -0.39 is 0 Å². The van der Waals surface area contributed by atoms with Gasteiger partial charge in [0.25, 0.3) is 5.91 Å². The van der Waals surface area contributed by atoms with Crippen molar-refractivity contribution in [3.8, 4) is 0 Å². The fourth-order valence-electron chi connectivity index (χ4n) is 2.71. The van der Waals surface area contributed by atoms with Crippen LogP contribution in [0.15, 0.2) is 36.5 Å². The van der Waals surface area contributed by atoms with Gasteiger partial charge in [-0.15, -0.1) is 0 Å². The van der Waals surface area contributed by atoms with E-state index in [0.717, 1.165) is 12.1 Å². The summed E-state index contributed by atoms with van der Waals surface area (Å²) in [6, 6.07) is 8.63. The second-order valence-electron chi connectivity index (χ2n) is 6.17. The third-order valence-corrected chi connectivity index (χ3v) is 4.28. The molecule has 2 aromatic rings. The highest BCUT2D eigenvalue weighted by Crippen LogP contribution is 2.24. The van der Waals surface area contributed by atoms with Crippen molar-refractivity contribution >= 4 is 40.7 Å². The highest BCUT2D eigenvalue weighted by atomic mass is 35.5. The van der Waals surface area contributed by atoms with Crippen LogP contribution in [0.1, 0.15) is 16.8 Å². The number of hydrogen-bond donors (Lipinski definition) is 2. The number of carbonyl (C=O) groups is 2. The molecular formula is C18H20ClN5O2. The Bertz CT molecular complexity index is 840. The summed E-state index contributed by atoms with van der Waals surface area (Å²) in [4.78, 5) is 32.1. The Labute approximate surface area is 157 Å². The van der Waals surface area contributed by atoms with Crippen molar-refractivity contribution in [3.05, 3.63) is 47.1 Å². The number of rotatable bonds is 4. The molecule has 2 N–H and O–H groups in total. The van der Waals surface area contributed by atoms with E-state index in [1.165, 1.54) is 6.20 Å². The van der Waals surface area contributed by atoms with Gasteiger partial charge in [0.1, 0.15) is 5.82 Å². The summed E-state index contributed by atoms with van der Waals surface area (Å²) in [6.07, 6.45) is 2.36. The maximum Gasteiger partial charge on any atom is 0.321 e. The minimum Gasteiger partial charge on any atom is -0.362 e. The van der Waals surface area contributed by atoms with Gasteiger partial charge in [-0.2, -0.15) is 0 Å². The average Bonchev–Trinajstić information content (AvgIpc) is 2.62. The lowest BCUT2D eigenvalue weighted by molar-refractivity contribution is 0.102. The fourth-order valence-corrected chi connectivity index (χ4v) is 3.05. The summed E-state index contributed by atoms with van der Waals surface area (Å²) in [5, 5.41) is 6.03. The van der Waals surface area contributed by atoms with Crippen LogP contribution in [-0.4, -0.2) is 44.1 Å². The number of carbonyl (C=O) groups excluding carboxylic acids is 2. The van der Waals surface area contributed by atoms with Gasteiger partial charge in [-0.3, -0.25) is 9.69 Å². The highest BCUT2D eigenvalue weighted by molar-refractivity contribution is 6.33. The zero-order valence-corrected chi connectivity index (χ0v) is 15.4. The number of hydrogen-bond acceptors (Lipinski definition) is 4. The Morgan fingerprint density at radius 2 is 2.15 bits per heavy atom. The number of aromatic nitrogens is 1. The number of nitrogens with zero attached hydrogens (tertiary/aromatic N) is 3. The van der Waals surface area contributed by atoms with E-state index in [4.69, 9.17) is 11.6 Å². The Morgan fingerprint density at radius 1 is 1.35 bits per heavy atom. The van der Waals surface area contributed by atoms with Crippen LogP contribution in [0.2, 0.25) is 5.02 Å². The fraction of sp³-hybridized carbons (Fsp3) is 0.278. The van der Waals surface area contributed by atoms with Crippen LogP contribution in [0.4, 0.5) is 22.0 Å². The standard InChI is InChI=1S/C18H20ClN5O2/c1-23(2)16-15(19)9-12(11-21-16)17(25)22-13-5-3-6-14(10-13)24-8-4-7-20-18(24)26/h3,5-6,9-11H,4,7-8H2,1-2H3,(H,20,26)(H,22,25). The van der Waals surface area contributed by atoms with Crippen LogP contribution >= 0.6 is 11.6 Å². The minimum absolute atomic E-state index is 0.130. The van der Waals surface area contributed by atoms with Crippen molar-refractivity contribution in [1.82, 2.24) is 10.3 Å². The van der Waals surface area contributed by atoms with E-state index in [0.29, 0.717) is 35.2 Å². The van der Waals surface area contributed by atoms with Crippen LogP contribution in [0.5, 0.6) is 0 Å². The second kappa shape index (κ2) is 7.61. The summed E-state index contributed by atoms with van der Waals surface area (Å²) in [7, 11) is 3.66. The van der Waals surface area contributed by atoms with Gasteiger partial charge in [-0.1, -0.05) is 17.7 Å². The molecule has 1 aliphatic rings. The molecule has 0 unspecified atom stereocenters. The lowest BCUT2D eigenvalue weighted by atomic mass is 10.2. The van der Waals surface area contributed by atoms with Crippen molar-refractivity contribution in [2.24, 2.45) is 0 Å². The predicted molar refractivity (Wildman–Crippen MR) is 103 cm³/mol. The summed E-state index contributed by atoms with van der Waals surface area (Å²) in [5.41, 5.74) is 1.69. The van der Waals surface area contributed by atoms with Crippen molar-refractivity contribution in [3.63, 3.8) is 0 Å². The summed E-state index contributed by atoms with van der Waals surface area (Å²) >= 11 is 6.18. The van der Waals surface area contributed by atoms with Crippen LogP contribution in [0, 0.1) is 0 Å². The Kier molecular flexibility index (Phi) is 5.27. The topological polar surface area (TPSA) is 77.6 Å². The Morgan fingerprint density at radius 3 is 2.85 bits per heavy atom. The van der Waals surface area contributed by atoms with E-state index in [2.05, 4.69) is 15.6 Å². The molecule has 0 spiro atoms. The summed E-state index contributed by atoms with van der Waals surface area (Å²) in [6.45, 7) is 1.33. The Balaban J connectivity index is 1.76. The zero-order valence-electron chi connectivity index (χ0n) is 14.6. The number of benzene rings is 1. The lowest BCUT2D eigenvalue weighted by Gasteiger charge is -2.27. The molecule has 26 heavy (non-hydrogen) atoms. The molecule has 1 aromatic heterocycles. The Hall–Kier alpha value is -2.80. The van der Waals surface area contributed by atoms with Gasteiger partial charge < -0.3 is 15.5 Å². The van der Waals surface area contributed by atoms with Crippen molar-refractivity contribution < 1.29 is 9.59 Å². The number of nitrogens with one attached hydrogen (secondary N) is 2. The molecule has 2 heterocycles. The van der Waals surface area contributed by atoms with Gasteiger partial charge in [-0.25, -0.2) is 9.78 Å². The van der Waals surface area contributed by atoms with Gasteiger partial charge in [0.2, 0.25) is 0 Å². The average molecular weight is 374 g/mol. The predicted octanol–water partition coefficient (Wildman–Crippen LogP) is 2.97. The van der Waals surface area contributed by atoms with Gasteiger partial charge in [0.05, 0.1) is 10.6 Å². The van der Waals surface area contributed by atoms with Crippen LogP contribution < -0.4 is 20.4 Å². The number of anilines is 3. The molecular weight excluding hydrogens is 354 g/mol. The highest BCUT2D eigenvalue weighted by Gasteiger charge is 2.19. The van der Waals surface area contributed by atoms with Gasteiger partial charge >= 0.3 is 6.03 Å². The molecule has 136 valence electrons. The molecule has 3 rings (SSSR count). The molecule has 3 amide bonds. The SMILES string of the molecule is CN(C)c1ncc(C(=O)Nc2cccc(N3CCCNC3=O)c2)cc1Cl. The molecule has 1 aromatic carbocycles. The normalized spacial score (nSPS) is 14.0. The lowest BCUT2D eigenvalue weighted by Crippen LogP contribution is -2.46. The van der Waals surface area contributed by atoms with Crippen molar-refractivity contribution in [2.45, 2.75) is 6.42 Å². The number of pyridine rings is 1. The first-order chi connectivity index (χ1) is 12.5. The smallest absolute Gasteiger partial charge is 0.321 e. The minimum atomic E-state index is -0.315. The largest absolute Gasteiger partial charge is 0.362 e. The van der Waals surface area contributed by atoms with E-state index in [1.807, 2.05) is 20.2 Å². The number of urea groups is 1. The molecule has 1 fully saturated rings. The summed E-state index contributed by atoms with van der Waals surface area (Å²) in [5.74, 6) is 0.284. The van der Waals surface area contributed by atoms with E-state index in [9.17, 15) is 9.59 Å². The quantitative estimate of drug-likeness (QED) is 0.863. The molecule has 0 saturated carbocycles. The van der Waals surface area contributed by atoms with E-state index in [-0.39, 0.29) is 11.9 Å². The number of amides is 3. The van der Waals surface area contributed by atoms with Gasteiger partial charge in [0.15, 0.2) is 0 Å². The molecule has 1 saturated heterocycles. The third-order valence-electron chi connectivity index (χ3n) is 4.00. The maximum atomic E-state index is 12.5. The second-order valence-corrected chi connectivity index (χ2v) is 6.57. The van der Waals surface area contributed by atoms with E-state index in [1.54, 1.807) is 34.1 Å². The summed E-state index contributed by atoms with van der Waals surface area (Å²) < 4.78 is 0. The first kappa shape index (κ1) is 18.0. The first-order valence-corrected chi connectivity index (χ1v) is 8.63. The molecule has 0 bridgehead atoms. The van der Waals surface area contributed by atoms with Crippen LogP contribution in [0.3, 0.4) is 0 Å². The molecule has 0 radical (unpaired) electrons. The zero-order chi connectivity index (χ0) is 18.7. The molecule has 0 atom stereocenters. The number of halogens is 1. The van der Waals surface area contributed by atoms with Crippen molar-refractivity contribution in [1.29, 1.82) is 0 Å². The van der Waals surface area contributed by atoms with Crippen LogP contribution in [-0.2, 0) is 0 Å². The maximum absolute atomic E-state index is 12.5. The van der Waals surface area contributed by atoms with Crippen molar-refractivity contribution in [2.75, 3.05) is 42.3 Å². The molecule has 0 aliphatic carbocycles. The molecule has 7 nitrogen and oxygen atoms in total. The molecule has 8 heteroatoms. The molecule has 1 aliphatic heterocycles. The van der Waals surface area contributed by atoms with Gasteiger partial charge in [-0.05, 0) is 30.7 Å². The van der Waals surface area contributed by atoms with Gasteiger partial charge in [0, 0.05) is 44.8 Å².